The Morgan fingerprint density at radius 3 is 2.57 bits per heavy atom. The fourth-order valence-electron chi connectivity index (χ4n) is 1.93. The molecular formula is C15H21ClN2O3. The van der Waals surface area contributed by atoms with Crippen molar-refractivity contribution in [2.75, 3.05) is 11.9 Å². The van der Waals surface area contributed by atoms with Crippen LogP contribution in [-0.2, 0) is 9.59 Å². The van der Waals surface area contributed by atoms with Crippen LogP contribution in [0.2, 0.25) is 5.02 Å². The third-order valence-corrected chi connectivity index (χ3v) is 3.49. The molecule has 0 aliphatic rings. The van der Waals surface area contributed by atoms with Crippen molar-refractivity contribution in [3.8, 4) is 0 Å². The summed E-state index contributed by atoms with van der Waals surface area (Å²) in [4.78, 5) is 23.5. The molecule has 1 rings (SSSR count). The summed E-state index contributed by atoms with van der Waals surface area (Å²) < 4.78 is 0. The van der Waals surface area contributed by atoms with Gasteiger partial charge in [-0.05, 0) is 43.9 Å². The molecule has 0 radical (unpaired) electrons. The lowest BCUT2D eigenvalue weighted by Crippen LogP contribution is -2.38. The highest BCUT2D eigenvalue weighted by Gasteiger charge is 2.16. The monoisotopic (exact) mass is 312 g/mol. The maximum Gasteiger partial charge on any atom is 0.313 e. The maximum absolute atomic E-state index is 11.8. The average molecular weight is 313 g/mol. The Balaban J connectivity index is 2.52. The molecule has 0 aromatic heterocycles. The topological polar surface area (TPSA) is 78.4 Å². The molecule has 0 heterocycles. The largest absolute Gasteiger partial charge is 0.393 e. The summed E-state index contributed by atoms with van der Waals surface area (Å²) in [5, 5.41) is 14.8. The summed E-state index contributed by atoms with van der Waals surface area (Å²) in [6.07, 6.45) is 0.134. The highest BCUT2D eigenvalue weighted by atomic mass is 35.5. The highest BCUT2D eigenvalue weighted by molar-refractivity contribution is 6.40. The molecule has 116 valence electrons. The van der Waals surface area contributed by atoms with E-state index < -0.39 is 17.9 Å². The number of amides is 2. The van der Waals surface area contributed by atoms with Gasteiger partial charge in [0, 0.05) is 17.3 Å². The maximum atomic E-state index is 11.8. The van der Waals surface area contributed by atoms with Crippen molar-refractivity contribution in [2.45, 2.75) is 33.3 Å². The average Bonchev–Trinajstić information content (AvgIpc) is 2.40. The Morgan fingerprint density at radius 1 is 1.29 bits per heavy atom. The predicted octanol–water partition coefficient (Wildman–Crippen LogP) is 2.11. The van der Waals surface area contributed by atoms with Crippen molar-refractivity contribution in [3.63, 3.8) is 0 Å². The molecular weight excluding hydrogens is 292 g/mol. The van der Waals surface area contributed by atoms with E-state index in [0.717, 1.165) is 0 Å². The molecule has 2 unspecified atom stereocenters. The molecule has 0 bridgehead atoms. The van der Waals surface area contributed by atoms with Gasteiger partial charge in [0.1, 0.15) is 0 Å². The van der Waals surface area contributed by atoms with E-state index in [1.54, 1.807) is 32.0 Å². The molecule has 5 nitrogen and oxygen atoms in total. The highest BCUT2D eigenvalue weighted by Crippen LogP contribution is 2.22. The Hall–Kier alpha value is -1.59. The van der Waals surface area contributed by atoms with Crippen LogP contribution in [0.3, 0.4) is 0 Å². The van der Waals surface area contributed by atoms with Crippen LogP contribution in [-0.4, -0.2) is 29.6 Å². The van der Waals surface area contributed by atoms with E-state index >= 15 is 0 Å². The standard InChI is InChI=1S/C15H21ClN2O3/c1-9(7-10(2)19)8-17-14(20)15(21)18-13-6-4-5-12(16)11(13)3/h4-6,9-10,19H,7-8H2,1-3H3,(H,17,20)(H,18,21). The van der Waals surface area contributed by atoms with Gasteiger partial charge in [-0.3, -0.25) is 9.59 Å². The minimum Gasteiger partial charge on any atom is -0.393 e. The third kappa shape index (κ3) is 5.73. The van der Waals surface area contributed by atoms with Gasteiger partial charge in [-0.25, -0.2) is 0 Å². The second-order valence-corrected chi connectivity index (χ2v) is 5.67. The summed E-state index contributed by atoms with van der Waals surface area (Å²) >= 11 is 5.95. The van der Waals surface area contributed by atoms with Gasteiger partial charge >= 0.3 is 11.8 Å². The Labute approximate surface area is 129 Å². The molecule has 6 heteroatoms. The second-order valence-electron chi connectivity index (χ2n) is 5.27. The number of carbonyl (C=O) groups is 2. The zero-order chi connectivity index (χ0) is 16.0. The van der Waals surface area contributed by atoms with Crippen molar-refractivity contribution < 1.29 is 14.7 Å². The molecule has 0 saturated carbocycles. The fraction of sp³-hybridized carbons (Fsp3) is 0.467. The van der Waals surface area contributed by atoms with Crippen LogP contribution in [0.15, 0.2) is 18.2 Å². The number of hydrogen-bond donors (Lipinski definition) is 3. The van der Waals surface area contributed by atoms with E-state index in [1.807, 2.05) is 6.92 Å². The normalized spacial score (nSPS) is 13.4. The number of nitrogens with one attached hydrogen (secondary N) is 2. The molecule has 3 N–H and O–H groups in total. The minimum absolute atomic E-state index is 0.0923. The van der Waals surface area contributed by atoms with Gasteiger partial charge < -0.3 is 15.7 Å². The molecule has 2 amide bonds. The number of halogens is 1. The van der Waals surface area contributed by atoms with Gasteiger partial charge in [-0.15, -0.1) is 0 Å². The minimum atomic E-state index is -0.732. The van der Waals surface area contributed by atoms with Crippen molar-refractivity contribution >= 4 is 29.1 Å². The lowest BCUT2D eigenvalue weighted by Gasteiger charge is -2.14. The molecule has 0 fully saturated rings. The predicted molar refractivity (Wildman–Crippen MR) is 83.3 cm³/mol. The smallest absolute Gasteiger partial charge is 0.313 e. The first kappa shape index (κ1) is 17.5. The van der Waals surface area contributed by atoms with Crippen LogP contribution in [0.25, 0.3) is 0 Å². The first-order valence-electron chi connectivity index (χ1n) is 6.83. The molecule has 1 aromatic carbocycles. The number of anilines is 1. The van der Waals surface area contributed by atoms with Crippen LogP contribution in [0.4, 0.5) is 5.69 Å². The fourth-order valence-corrected chi connectivity index (χ4v) is 2.11. The molecule has 0 aliphatic heterocycles. The van der Waals surface area contributed by atoms with Crippen LogP contribution >= 0.6 is 11.6 Å². The Kier molecular flexibility index (Phi) is 6.65. The number of rotatable bonds is 5. The third-order valence-electron chi connectivity index (χ3n) is 3.08. The van der Waals surface area contributed by atoms with Gasteiger partial charge in [0.25, 0.3) is 0 Å². The first-order chi connectivity index (χ1) is 9.81. The van der Waals surface area contributed by atoms with E-state index in [0.29, 0.717) is 29.2 Å². The number of benzene rings is 1. The first-order valence-corrected chi connectivity index (χ1v) is 7.21. The number of hydrogen-bond acceptors (Lipinski definition) is 3. The lowest BCUT2D eigenvalue weighted by molar-refractivity contribution is -0.136. The molecule has 1 aromatic rings. The number of carbonyl (C=O) groups excluding carboxylic acids is 2. The zero-order valence-corrected chi connectivity index (χ0v) is 13.2. The van der Waals surface area contributed by atoms with Crippen LogP contribution in [0.5, 0.6) is 0 Å². The molecule has 0 spiro atoms. The summed E-state index contributed by atoms with van der Waals surface area (Å²) in [7, 11) is 0. The van der Waals surface area contributed by atoms with Gasteiger partial charge in [0.2, 0.25) is 0 Å². The quantitative estimate of drug-likeness (QED) is 0.729. The van der Waals surface area contributed by atoms with Gasteiger partial charge in [-0.1, -0.05) is 24.6 Å². The SMILES string of the molecule is Cc1c(Cl)cccc1NC(=O)C(=O)NCC(C)CC(C)O. The van der Waals surface area contributed by atoms with E-state index in [1.165, 1.54) is 0 Å². The summed E-state index contributed by atoms with van der Waals surface area (Å²) in [5.41, 5.74) is 1.22. The lowest BCUT2D eigenvalue weighted by atomic mass is 10.0. The van der Waals surface area contributed by atoms with Gasteiger partial charge in [0.05, 0.1) is 6.10 Å². The molecule has 2 atom stereocenters. The number of aliphatic hydroxyl groups excluding tert-OH is 1. The Bertz CT molecular complexity index is 518. The summed E-state index contributed by atoms with van der Waals surface area (Å²) in [6, 6.07) is 5.10. The zero-order valence-electron chi connectivity index (χ0n) is 12.4. The Morgan fingerprint density at radius 2 is 1.95 bits per heavy atom. The van der Waals surface area contributed by atoms with E-state index in [9.17, 15) is 14.7 Å². The summed E-state index contributed by atoms with van der Waals surface area (Å²) in [6.45, 7) is 5.69. The molecule has 0 saturated heterocycles. The van der Waals surface area contributed by atoms with Crippen LogP contribution in [0, 0.1) is 12.8 Å². The van der Waals surface area contributed by atoms with Crippen molar-refractivity contribution in [1.82, 2.24) is 5.32 Å². The van der Waals surface area contributed by atoms with E-state index in [2.05, 4.69) is 10.6 Å². The van der Waals surface area contributed by atoms with Crippen molar-refractivity contribution in [3.05, 3.63) is 28.8 Å². The molecule has 0 aliphatic carbocycles. The second kappa shape index (κ2) is 8.00. The van der Waals surface area contributed by atoms with E-state index in [-0.39, 0.29) is 5.92 Å². The molecule has 21 heavy (non-hydrogen) atoms. The van der Waals surface area contributed by atoms with E-state index in [4.69, 9.17) is 11.6 Å². The van der Waals surface area contributed by atoms with Gasteiger partial charge in [-0.2, -0.15) is 0 Å². The van der Waals surface area contributed by atoms with Crippen LogP contribution in [0.1, 0.15) is 25.8 Å². The van der Waals surface area contributed by atoms with Gasteiger partial charge in [0.15, 0.2) is 0 Å². The number of aliphatic hydroxyl groups is 1. The van der Waals surface area contributed by atoms with Crippen molar-refractivity contribution in [1.29, 1.82) is 0 Å². The van der Waals surface area contributed by atoms with Crippen LogP contribution < -0.4 is 10.6 Å². The summed E-state index contributed by atoms with van der Waals surface area (Å²) in [5.74, 6) is -1.34. The van der Waals surface area contributed by atoms with Crippen molar-refractivity contribution in [2.24, 2.45) is 5.92 Å².